The maximum absolute atomic E-state index is 8.56. The smallest absolute Gasteiger partial charge is 0.450 e. The SMILES string of the molecule is CCCCCCCCCCCCCCCCOOCCCCCCCCCCCCCCCC.O=C(O)O.O=C(O)O. The third-order valence-corrected chi connectivity index (χ3v) is 7.25. The van der Waals surface area contributed by atoms with Gasteiger partial charge in [0.15, 0.2) is 0 Å². The standard InChI is InChI=1S/C32H66O2.2CH2O3/c1-3-5-7-9-11-13-15-17-19-21-23-25-27-29-31-33-34-32-30-28-26-24-22-20-18-16-14-12-10-8-6-4-2;2*2-1(3)4/h3-32H2,1-2H3;2*(H2,2,3,4). The van der Waals surface area contributed by atoms with E-state index in [1.165, 1.54) is 167 Å². The maximum atomic E-state index is 8.56. The van der Waals surface area contributed by atoms with Crippen LogP contribution in [0.4, 0.5) is 9.59 Å². The maximum Gasteiger partial charge on any atom is 0.503 e. The molecule has 254 valence electrons. The van der Waals surface area contributed by atoms with Gasteiger partial charge < -0.3 is 20.4 Å². The lowest BCUT2D eigenvalue weighted by atomic mass is 10.0. The highest BCUT2D eigenvalue weighted by molar-refractivity contribution is 5.53. The summed E-state index contributed by atoms with van der Waals surface area (Å²) >= 11 is 0. The number of carbonyl (C=O) groups is 2. The first kappa shape index (κ1) is 44.9. The normalized spacial score (nSPS) is 10.4. The van der Waals surface area contributed by atoms with Crippen molar-refractivity contribution >= 4 is 12.3 Å². The van der Waals surface area contributed by atoms with Crippen molar-refractivity contribution in [1.82, 2.24) is 0 Å². The molecule has 0 aromatic rings. The highest BCUT2D eigenvalue weighted by atomic mass is 17.2. The Morgan fingerprint density at radius 3 is 0.643 bits per heavy atom. The molecule has 0 aliphatic rings. The van der Waals surface area contributed by atoms with E-state index in [0.29, 0.717) is 0 Å². The first-order valence-corrected chi connectivity index (χ1v) is 17.5. The van der Waals surface area contributed by atoms with Crippen molar-refractivity contribution in [2.75, 3.05) is 13.2 Å². The molecule has 8 nitrogen and oxygen atoms in total. The Labute approximate surface area is 258 Å². The van der Waals surface area contributed by atoms with Crippen LogP contribution in [0.25, 0.3) is 0 Å². The van der Waals surface area contributed by atoms with Crippen molar-refractivity contribution in [2.24, 2.45) is 0 Å². The molecule has 0 saturated carbocycles. The van der Waals surface area contributed by atoms with E-state index in [1.807, 2.05) is 0 Å². The van der Waals surface area contributed by atoms with Crippen LogP contribution in [0.15, 0.2) is 0 Å². The molecule has 0 aliphatic carbocycles. The summed E-state index contributed by atoms with van der Waals surface area (Å²) in [5.41, 5.74) is 0. The molecule has 4 N–H and O–H groups in total. The lowest BCUT2D eigenvalue weighted by molar-refractivity contribution is -0.295. The molecule has 0 bridgehead atoms. The number of carboxylic acid groups (broad SMARTS) is 4. The number of unbranched alkanes of at least 4 members (excludes halogenated alkanes) is 26. The topological polar surface area (TPSA) is 134 Å². The van der Waals surface area contributed by atoms with Crippen LogP contribution in [0.1, 0.15) is 194 Å². The Hall–Kier alpha value is -1.54. The lowest BCUT2D eigenvalue weighted by Gasteiger charge is -2.05. The molecule has 0 radical (unpaired) electrons. The summed E-state index contributed by atoms with van der Waals surface area (Å²) in [6, 6.07) is 0. The van der Waals surface area contributed by atoms with Gasteiger partial charge >= 0.3 is 12.3 Å². The molecule has 0 fully saturated rings. The molecule has 0 unspecified atom stereocenters. The van der Waals surface area contributed by atoms with Crippen molar-refractivity contribution in [2.45, 2.75) is 194 Å². The molecular formula is C34H70O8. The molecule has 0 atom stereocenters. The van der Waals surface area contributed by atoms with Crippen LogP contribution in [0, 0.1) is 0 Å². The minimum Gasteiger partial charge on any atom is -0.450 e. The van der Waals surface area contributed by atoms with Crippen molar-refractivity contribution in [3.63, 3.8) is 0 Å². The zero-order valence-electron chi connectivity index (χ0n) is 27.6. The third-order valence-electron chi connectivity index (χ3n) is 7.25. The highest BCUT2D eigenvalue weighted by Gasteiger charge is 1.97. The predicted molar refractivity (Wildman–Crippen MR) is 174 cm³/mol. The Morgan fingerprint density at radius 2 is 0.476 bits per heavy atom. The Balaban J connectivity index is -0.00000167. The molecule has 0 heterocycles. The van der Waals surface area contributed by atoms with Gasteiger partial charge in [0, 0.05) is 0 Å². The summed E-state index contributed by atoms with van der Waals surface area (Å²) in [6.45, 7) is 6.14. The van der Waals surface area contributed by atoms with Gasteiger partial charge in [-0.25, -0.2) is 19.4 Å². The summed E-state index contributed by atoms with van der Waals surface area (Å²) in [6.07, 6.45) is 35.5. The van der Waals surface area contributed by atoms with E-state index in [9.17, 15) is 0 Å². The number of hydrogen-bond acceptors (Lipinski definition) is 4. The summed E-state index contributed by atoms with van der Waals surface area (Å²) in [4.78, 5) is 27.8. The summed E-state index contributed by atoms with van der Waals surface area (Å²) in [7, 11) is 0. The van der Waals surface area contributed by atoms with E-state index in [2.05, 4.69) is 13.8 Å². The fourth-order valence-electron chi connectivity index (χ4n) is 4.83. The average Bonchev–Trinajstić information content (AvgIpc) is 2.93. The molecule has 0 aliphatic heterocycles. The molecule has 0 rings (SSSR count). The van der Waals surface area contributed by atoms with Crippen LogP contribution < -0.4 is 0 Å². The van der Waals surface area contributed by atoms with E-state index in [0.717, 1.165) is 26.1 Å². The third kappa shape index (κ3) is 62.2. The van der Waals surface area contributed by atoms with E-state index < -0.39 is 12.3 Å². The van der Waals surface area contributed by atoms with Crippen LogP contribution >= 0.6 is 0 Å². The number of hydrogen-bond donors (Lipinski definition) is 4. The van der Waals surface area contributed by atoms with Gasteiger partial charge in [-0.05, 0) is 12.8 Å². The Morgan fingerprint density at radius 1 is 0.333 bits per heavy atom. The lowest BCUT2D eigenvalue weighted by Crippen LogP contribution is -1.99. The van der Waals surface area contributed by atoms with Crippen molar-refractivity contribution in [3.05, 3.63) is 0 Å². The van der Waals surface area contributed by atoms with Gasteiger partial charge in [0.1, 0.15) is 0 Å². The van der Waals surface area contributed by atoms with Crippen molar-refractivity contribution in [3.8, 4) is 0 Å². The highest BCUT2D eigenvalue weighted by Crippen LogP contribution is 2.14. The minimum absolute atomic E-state index is 0.774. The summed E-state index contributed by atoms with van der Waals surface area (Å²) < 4.78 is 0. The zero-order chi connectivity index (χ0) is 31.8. The largest absolute Gasteiger partial charge is 0.503 e. The summed E-state index contributed by atoms with van der Waals surface area (Å²) in [5.74, 6) is 0. The molecule has 0 aromatic heterocycles. The Bertz CT molecular complexity index is 450. The van der Waals surface area contributed by atoms with Crippen LogP contribution in [-0.4, -0.2) is 46.0 Å². The van der Waals surface area contributed by atoms with Gasteiger partial charge in [-0.1, -0.05) is 181 Å². The second-order valence-electron chi connectivity index (χ2n) is 11.4. The quantitative estimate of drug-likeness (QED) is 0.0348. The van der Waals surface area contributed by atoms with Crippen LogP contribution in [0.5, 0.6) is 0 Å². The number of rotatable bonds is 31. The van der Waals surface area contributed by atoms with E-state index in [4.69, 9.17) is 39.8 Å². The van der Waals surface area contributed by atoms with Crippen molar-refractivity contribution in [1.29, 1.82) is 0 Å². The van der Waals surface area contributed by atoms with E-state index >= 15 is 0 Å². The molecule has 0 amide bonds. The van der Waals surface area contributed by atoms with Gasteiger partial charge in [-0.15, -0.1) is 0 Å². The predicted octanol–water partition coefficient (Wildman–Crippen LogP) is 12.3. The van der Waals surface area contributed by atoms with Gasteiger partial charge in [0.25, 0.3) is 0 Å². The molecule has 8 heteroatoms. The fraction of sp³-hybridized carbons (Fsp3) is 0.941. The van der Waals surface area contributed by atoms with Crippen LogP contribution in [0.3, 0.4) is 0 Å². The average molecular weight is 607 g/mol. The van der Waals surface area contributed by atoms with Gasteiger partial charge in [0.2, 0.25) is 0 Å². The van der Waals surface area contributed by atoms with Gasteiger partial charge in [-0.3, -0.25) is 0 Å². The van der Waals surface area contributed by atoms with Gasteiger partial charge in [-0.2, -0.15) is 0 Å². The molecule has 0 aromatic carbocycles. The molecule has 42 heavy (non-hydrogen) atoms. The first-order chi connectivity index (χ1) is 20.4. The molecular weight excluding hydrogens is 536 g/mol. The molecule has 0 saturated heterocycles. The summed E-state index contributed by atoms with van der Waals surface area (Å²) in [5, 5.41) is 27.9. The van der Waals surface area contributed by atoms with Crippen LogP contribution in [0.2, 0.25) is 0 Å². The monoisotopic (exact) mass is 607 g/mol. The van der Waals surface area contributed by atoms with Gasteiger partial charge in [0.05, 0.1) is 13.2 Å². The molecule has 0 spiro atoms. The minimum atomic E-state index is -1.83. The zero-order valence-corrected chi connectivity index (χ0v) is 27.6. The second kappa shape index (κ2) is 43.9. The van der Waals surface area contributed by atoms with E-state index in [1.54, 1.807) is 0 Å². The van der Waals surface area contributed by atoms with E-state index in [-0.39, 0.29) is 0 Å². The second-order valence-corrected chi connectivity index (χ2v) is 11.4. The van der Waals surface area contributed by atoms with Crippen LogP contribution in [-0.2, 0) is 9.78 Å². The Kier molecular flexibility index (Phi) is 46.9. The fourth-order valence-corrected chi connectivity index (χ4v) is 4.83. The van der Waals surface area contributed by atoms with Crippen molar-refractivity contribution < 1.29 is 39.8 Å². The first-order valence-electron chi connectivity index (χ1n) is 17.5.